The number of nitrogens with two attached hydrogens (primary N) is 1. The zero-order valence-electron chi connectivity index (χ0n) is 11.3. The normalized spacial score (nSPS) is 16.6. The molecule has 1 fully saturated rings. The van der Waals surface area contributed by atoms with Crippen molar-refractivity contribution in [1.82, 2.24) is 4.90 Å². The van der Waals surface area contributed by atoms with Crippen LogP contribution in [0.25, 0.3) is 0 Å². The van der Waals surface area contributed by atoms with Crippen LogP contribution in [0.2, 0.25) is 0 Å². The second-order valence-corrected chi connectivity index (χ2v) is 6.29. The first kappa shape index (κ1) is 13.7. The summed E-state index contributed by atoms with van der Waals surface area (Å²) in [5, 5.41) is 2.08. The monoisotopic (exact) mass is 290 g/mol. The molecule has 3 rings (SSSR count). The van der Waals surface area contributed by atoms with E-state index in [4.69, 9.17) is 5.73 Å². The average molecular weight is 290 g/mol. The van der Waals surface area contributed by atoms with Gasteiger partial charge in [-0.2, -0.15) is 0 Å². The van der Waals surface area contributed by atoms with Crippen molar-refractivity contribution < 1.29 is 4.39 Å². The number of halogens is 1. The van der Waals surface area contributed by atoms with Crippen LogP contribution in [0, 0.1) is 5.82 Å². The molecule has 2 N–H and O–H groups in total. The molecule has 0 aliphatic heterocycles. The molecule has 0 bridgehead atoms. The number of thiophene rings is 1. The lowest BCUT2D eigenvalue weighted by molar-refractivity contribution is 0.180. The third kappa shape index (κ3) is 2.92. The lowest BCUT2D eigenvalue weighted by Gasteiger charge is -2.31. The van der Waals surface area contributed by atoms with Crippen molar-refractivity contribution in [1.29, 1.82) is 0 Å². The molecule has 1 unspecified atom stereocenters. The van der Waals surface area contributed by atoms with Gasteiger partial charge in [-0.3, -0.25) is 4.90 Å². The van der Waals surface area contributed by atoms with Gasteiger partial charge in [-0.15, -0.1) is 11.3 Å². The van der Waals surface area contributed by atoms with E-state index in [2.05, 4.69) is 22.4 Å². The molecule has 1 aromatic carbocycles. The minimum Gasteiger partial charge on any atom is -0.329 e. The van der Waals surface area contributed by atoms with E-state index in [0.717, 1.165) is 12.1 Å². The molecular formula is C16H19FN2S. The molecule has 1 aromatic heterocycles. The molecule has 1 aliphatic rings. The summed E-state index contributed by atoms with van der Waals surface area (Å²) in [5.74, 6) is -0.153. The number of nitrogens with zero attached hydrogens (tertiary/aromatic N) is 1. The maximum absolute atomic E-state index is 14.1. The first-order valence-electron chi connectivity index (χ1n) is 7.02. The fourth-order valence-corrected chi connectivity index (χ4v) is 3.38. The SMILES string of the molecule is NCC(c1ccccc1F)N(Cc1cccs1)C1CC1. The predicted molar refractivity (Wildman–Crippen MR) is 81.1 cm³/mol. The summed E-state index contributed by atoms with van der Waals surface area (Å²) in [4.78, 5) is 3.68. The third-order valence-electron chi connectivity index (χ3n) is 3.82. The molecule has 2 nitrogen and oxygen atoms in total. The fraction of sp³-hybridized carbons (Fsp3) is 0.375. The maximum Gasteiger partial charge on any atom is 0.128 e. The smallest absolute Gasteiger partial charge is 0.128 e. The molecular weight excluding hydrogens is 271 g/mol. The molecule has 0 radical (unpaired) electrons. The lowest BCUT2D eigenvalue weighted by atomic mass is 10.0. The van der Waals surface area contributed by atoms with Crippen molar-refractivity contribution in [3.8, 4) is 0 Å². The molecule has 1 aliphatic carbocycles. The largest absolute Gasteiger partial charge is 0.329 e. The summed E-state index contributed by atoms with van der Waals surface area (Å²) in [6, 6.07) is 11.7. The van der Waals surface area contributed by atoms with Crippen LogP contribution in [0.1, 0.15) is 29.3 Å². The minimum atomic E-state index is -0.153. The van der Waals surface area contributed by atoms with E-state index < -0.39 is 0 Å². The Morgan fingerprint density at radius 3 is 2.65 bits per heavy atom. The van der Waals surface area contributed by atoms with Crippen molar-refractivity contribution in [3.63, 3.8) is 0 Å². The van der Waals surface area contributed by atoms with Crippen molar-refractivity contribution in [2.75, 3.05) is 6.54 Å². The number of hydrogen-bond acceptors (Lipinski definition) is 3. The van der Waals surface area contributed by atoms with Crippen molar-refractivity contribution in [2.45, 2.75) is 31.5 Å². The molecule has 1 heterocycles. The van der Waals surface area contributed by atoms with Gasteiger partial charge in [0.25, 0.3) is 0 Å². The third-order valence-corrected chi connectivity index (χ3v) is 4.68. The second-order valence-electron chi connectivity index (χ2n) is 5.26. The Balaban J connectivity index is 1.86. The quantitative estimate of drug-likeness (QED) is 0.881. The fourth-order valence-electron chi connectivity index (χ4n) is 2.67. The Labute approximate surface area is 123 Å². The standard InChI is InChI=1S/C16H19FN2S/c17-15-6-2-1-5-14(15)16(10-18)19(12-7-8-12)11-13-4-3-9-20-13/h1-6,9,12,16H,7-8,10-11,18H2. The molecule has 1 saturated carbocycles. The predicted octanol–water partition coefficient (Wildman–Crippen LogP) is 3.55. The Morgan fingerprint density at radius 2 is 2.05 bits per heavy atom. The van der Waals surface area contributed by atoms with Crippen LogP contribution in [-0.2, 0) is 6.54 Å². The van der Waals surface area contributed by atoms with Gasteiger partial charge in [0.1, 0.15) is 5.82 Å². The molecule has 0 saturated heterocycles. The molecule has 20 heavy (non-hydrogen) atoms. The Hall–Kier alpha value is -1.23. The van der Waals surface area contributed by atoms with Crippen LogP contribution in [0.5, 0.6) is 0 Å². The molecule has 4 heteroatoms. The first-order valence-corrected chi connectivity index (χ1v) is 7.90. The number of hydrogen-bond donors (Lipinski definition) is 1. The number of rotatable bonds is 6. The molecule has 2 aromatic rings. The Morgan fingerprint density at radius 1 is 1.25 bits per heavy atom. The van der Waals surface area contributed by atoms with Crippen LogP contribution in [0.3, 0.4) is 0 Å². The van der Waals surface area contributed by atoms with E-state index in [1.807, 2.05) is 12.1 Å². The zero-order valence-corrected chi connectivity index (χ0v) is 12.2. The Bertz CT molecular complexity index is 551. The van der Waals surface area contributed by atoms with Gasteiger partial charge in [0.05, 0.1) is 6.04 Å². The van der Waals surface area contributed by atoms with E-state index in [9.17, 15) is 4.39 Å². The van der Waals surface area contributed by atoms with Crippen molar-refractivity contribution in [3.05, 3.63) is 58.0 Å². The summed E-state index contributed by atoms with van der Waals surface area (Å²) in [5.41, 5.74) is 6.68. The highest BCUT2D eigenvalue weighted by atomic mass is 32.1. The van der Waals surface area contributed by atoms with Crippen LogP contribution in [0.4, 0.5) is 4.39 Å². The summed E-state index contributed by atoms with van der Waals surface area (Å²) in [7, 11) is 0. The molecule has 106 valence electrons. The Kier molecular flexibility index (Phi) is 4.15. The van der Waals surface area contributed by atoms with Crippen LogP contribution < -0.4 is 5.73 Å². The van der Waals surface area contributed by atoms with Gasteiger partial charge >= 0.3 is 0 Å². The van der Waals surface area contributed by atoms with Crippen LogP contribution in [0.15, 0.2) is 41.8 Å². The van der Waals surface area contributed by atoms with Gasteiger partial charge in [-0.25, -0.2) is 4.39 Å². The van der Waals surface area contributed by atoms with E-state index >= 15 is 0 Å². The lowest BCUT2D eigenvalue weighted by Crippen LogP contribution is -2.35. The van der Waals surface area contributed by atoms with E-state index in [1.165, 1.54) is 23.8 Å². The summed E-state index contributed by atoms with van der Waals surface area (Å²) >= 11 is 1.75. The van der Waals surface area contributed by atoms with Gasteiger partial charge in [-0.1, -0.05) is 24.3 Å². The van der Waals surface area contributed by atoms with E-state index in [0.29, 0.717) is 12.6 Å². The van der Waals surface area contributed by atoms with Gasteiger partial charge in [-0.05, 0) is 30.4 Å². The number of benzene rings is 1. The van der Waals surface area contributed by atoms with Crippen LogP contribution >= 0.6 is 11.3 Å². The summed E-state index contributed by atoms with van der Waals surface area (Å²) in [6.07, 6.45) is 2.38. The summed E-state index contributed by atoms with van der Waals surface area (Å²) in [6.45, 7) is 1.31. The zero-order chi connectivity index (χ0) is 13.9. The molecule has 0 spiro atoms. The summed E-state index contributed by atoms with van der Waals surface area (Å²) < 4.78 is 14.1. The van der Waals surface area contributed by atoms with Gasteiger partial charge in [0.2, 0.25) is 0 Å². The highest BCUT2D eigenvalue weighted by Gasteiger charge is 2.35. The van der Waals surface area contributed by atoms with Gasteiger partial charge < -0.3 is 5.73 Å². The molecule has 1 atom stereocenters. The van der Waals surface area contributed by atoms with E-state index in [-0.39, 0.29) is 11.9 Å². The van der Waals surface area contributed by atoms with E-state index in [1.54, 1.807) is 17.4 Å². The topological polar surface area (TPSA) is 29.3 Å². The minimum absolute atomic E-state index is 0.0363. The average Bonchev–Trinajstić information content (AvgIpc) is 3.18. The second kappa shape index (κ2) is 6.04. The molecule has 0 amide bonds. The first-order chi connectivity index (χ1) is 9.79. The van der Waals surface area contributed by atoms with Crippen LogP contribution in [-0.4, -0.2) is 17.5 Å². The highest BCUT2D eigenvalue weighted by Crippen LogP contribution is 2.36. The van der Waals surface area contributed by atoms with Crippen molar-refractivity contribution in [2.24, 2.45) is 5.73 Å². The van der Waals surface area contributed by atoms with Gasteiger partial charge in [0, 0.05) is 29.6 Å². The maximum atomic E-state index is 14.1. The van der Waals surface area contributed by atoms with Crippen molar-refractivity contribution >= 4 is 11.3 Å². The van der Waals surface area contributed by atoms with Gasteiger partial charge in [0.15, 0.2) is 0 Å². The highest BCUT2D eigenvalue weighted by molar-refractivity contribution is 7.09.